The molecule has 0 bridgehead atoms. The lowest BCUT2D eigenvalue weighted by Crippen LogP contribution is -2.49. The minimum Gasteiger partial charge on any atom is -0.385 e. The van der Waals surface area contributed by atoms with E-state index in [1.54, 1.807) is 7.11 Å². The largest absolute Gasteiger partial charge is 0.385 e. The summed E-state index contributed by atoms with van der Waals surface area (Å²) in [4.78, 5) is 11.7. The normalized spacial score (nSPS) is 13.6. The summed E-state index contributed by atoms with van der Waals surface area (Å²) in [5.41, 5.74) is -0.164. The van der Waals surface area contributed by atoms with Gasteiger partial charge in [0.25, 0.3) is 0 Å². The van der Waals surface area contributed by atoms with Gasteiger partial charge in [-0.2, -0.15) is 0 Å². The van der Waals surface area contributed by atoms with Crippen molar-refractivity contribution in [3.8, 4) is 0 Å². The average molecular weight is 230 g/mol. The van der Waals surface area contributed by atoms with Gasteiger partial charge >= 0.3 is 0 Å². The van der Waals surface area contributed by atoms with Crippen molar-refractivity contribution in [3.63, 3.8) is 0 Å². The Morgan fingerprint density at radius 2 is 1.94 bits per heavy atom. The Kier molecular flexibility index (Phi) is 7.34. The van der Waals surface area contributed by atoms with Gasteiger partial charge in [-0.1, -0.05) is 0 Å². The van der Waals surface area contributed by atoms with Crippen molar-refractivity contribution in [2.45, 2.75) is 52.1 Å². The lowest BCUT2D eigenvalue weighted by molar-refractivity contribution is -0.124. The molecule has 0 aromatic rings. The Morgan fingerprint density at radius 3 is 2.44 bits per heavy atom. The van der Waals surface area contributed by atoms with Crippen LogP contribution in [-0.4, -0.2) is 37.7 Å². The maximum absolute atomic E-state index is 11.7. The molecule has 1 unspecified atom stereocenters. The number of hydrogen-bond acceptors (Lipinski definition) is 3. The predicted molar refractivity (Wildman–Crippen MR) is 66.5 cm³/mol. The van der Waals surface area contributed by atoms with Crippen molar-refractivity contribution in [2.24, 2.45) is 0 Å². The second-order valence-electron chi connectivity index (χ2n) is 5.11. The maximum Gasteiger partial charge on any atom is 0.237 e. The lowest BCUT2D eigenvalue weighted by Gasteiger charge is -2.23. The standard InChI is InChI=1S/C12H26N2O2/c1-10(11(15)14-12(2,3)4)13-8-6-7-9-16-5/h10,13H,6-9H2,1-5H3,(H,14,15). The molecule has 0 aliphatic carbocycles. The van der Waals surface area contributed by atoms with E-state index in [1.165, 1.54) is 0 Å². The summed E-state index contributed by atoms with van der Waals surface area (Å²) >= 11 is 0. The van der Waals surface area contributed by atoms with Gasteiger partial charge in [-0.15, -0.1) is 0 Å². The van der Waals surface area contributed by atoms with E-state index in [4.69, 9.17) is 4.74 Å². The molecule has 16 heavy (non-hydrogen) atoms. The summed E-state index contributed by atoms with van der Waals surface area (Å²) in [5, 5.41) is 6.14. The van der Waals surface area contributed by atoms with Crippen molar-refractivity contribution in [2.75, 3.05) is 20.3 Å². The summed E-state index contributed by atoms with van der Waals surface area (Å²) in [5.74, 6) is 0.0549. The van der Waals surface area contributed by atoms with Crippen LogP contribution in [0.15, 0.2) is 0 Å². The van der Waals surface area contributed by atoms with Gasteiger partial charge in [0.05, 0.1) is 6.04 Å². The zero-order chi connectivity index (χ0) is 12.6. The fourth-order valence-electron chi connectivity index (χ4n) is 1.26. The fourth-order valence-corrected chi connectivity index (χ4v) is 1.26. The number of unbranched alkanes of at least 4 members (excludes halogenated alkanes) is 1. The Bertz CT molecular complexity index is 200. The van der Waals surface area contributed by atoms with Gasteiger partial charge in [0.15, 0.2) is 0 Å². The third kappa shape index (κ3) is 8.68. The fraction of sp³-hybridized carbons (Fsp3) is 0.917. The molecule has 0 saturated carbocycles. The molecule has 4 heteroatoms. The van der Waals surface area contributed by atoms with Gasteiger partial charge in [0.2, 0.25) is 5.91 Å². The zero-order valence-corrected chi connectivity index (χ0v) is 11.2. The molecule has 1 amide bonds. The van der Waals surface area contributed by atoms with Crippen LogP contribution in [-0.2, 0) is 9.53 Å². The molecule has 96 valence electrons. The Balaban J connectivity index is 3.64. The van der Waals surface area contributed by atoms with Crippen LogP contribution in [0.3, 0.4) is 0 Å². The van der Waals surface area contributed by atoms with E-state index in [-0.39, 0.29) is 17.5 Å². The SMILES string of the molecule is COCCCCNC(C)C(=O)NC(C)(C)C. The third-order valence-corrected chi connectivity index (χ3v) is 2.12. The van der Waals surface area contributed by atoms with Crippen molar-refractivity contribution in [1.82, 2.24) is 10.6 Å². The number of rotatable bonds is 7. The first kappa shape index (κ1) is 15.4. The third-order valence-electron chi connectivity index (χ3n) is 2.12. The molecule has 1 atom stereocenters. The highest BCUT2D eigenvalue weighted by molar-refractivity contribution is 5.81. The summed E-state index contributed by atoms with van der Waals surface area (Å²) in [6.45, 7) is 9.46. The molecule has 0 saturated heterocycles. The molecular weight excluding hydrogens is 204 g/mol. The van der Waals surface area contributed by atoms with Crippen LogP contribution >= 0.6 is 0 Å². The number of methoxy groups -OCH3 is 1. The van der Waals surface area contributed by atoms with Gasteiger partial charge < -0.3 is 15.4 Å². The monoisotopic (exact) mass is 230 g/mol. The second-order valence-corrected chi connectivity index (χ2v) is 5.11. The van der Waals surface area contributed by atoms with Gasteiger partial charge in [0.1, 0.15) is 0 Å². The highest BCUT2D eigenvalue weighted by Crippen LogP contribution is 1.99. The van der Waals surface area contributed by atoms with Gasteiger partial charge in [0, 0.05) is 19.3 Å². The quantitative estimate of drug-likeness (QED) is 0.648. The molecule has 0 fully saturated rings. The molecule has 0 spiro atoms. The van der Waals surface area contributed by atoms with E-state index < -0.39 is 0 Å². The van der Waals surface area contributed by atoms with Crippen LogP contribution in [0.25, 0.3) is 0 Å². The molecular formula is C12H26N2O2. The maximum atomic E-state index is 11.7. The minimum absolute atomic E-state index is 0.0549. The van der Waals surface area contributed by atoms with E-state index in [1.807, 2.05) is 27.7 Å². The molecule has 0 aliphatic heterocycles. The first-order chi connectivity index (χ1) is 7.37. The van der Waals surface area contributed by atoms with Crippen LogP contribution < -0.4 is 10.6 Å². The highest BCUT2D eigenvalue weighted by atomic mass is 16.5. The Labute approximate surface area is 99.1 Å². The minimum atomic E-state index is -0.164. The summed E-state index contributed by atoms with van der Waals surface area (Å²) in [6, 6.07) is -0.137. The average Bonchev–Trinajstić information content (AvgIpc) is 2.14. The van der Waals surface area contributed by atoms with Crippen LogP contribution in [0.1, 0.15) is 40.5 Å². The molecule has 0 heterocycles. The number of carbonyl (C=O) groups is 1. The van der Waals surface area contributed by atoms with E-state index >= 15 is 0 Å². The molecule has 0 aromatic carbocycles. The van der Waals surface area contributed by atoms with Crippen molar-refractivity contribution >= 4 is 5.91 Å². The molecule has 2 N–H and O–H groups in total. The highest BCUT2D eigenvalue weighted by Gasteiger charge is 2.18. The first-order valence-corrected chi connectivity index (χ1v) is 5.91. The number of carbonyl (C=O) groups excluding carboxylic acids is 1. The number of ether oxygens (including phenoxy) is 1. The van der Waals surface area contributed by atoms with E-state index in [9.17, 15) is 4.79 Å². The van der Waals surface area contributed by atoms with Gasteiger partial charge in [-0.05, 0) is 47.1 Å². The van der Waals surface area contributed by atoms with Gasteiger partial charge in [-0.25, -0.2) is 0 Å². The van der Waals surface area contributed by atoms with Crippen molar-refractivity contribution < 1.29 is 9.53 Å². The van der Waals surface area contributed by atoms with E-state index in [0.29, 0.717) is 0 Å². The Morgan fingerprint density at radius 1 is 1.31 bits per heavy atom. The number of nitrogens with one attached hydrogen (secondary N) is 2. The first-order valence-electron chi connectivity index (χ1n) is 5.91. The smallest absolute Gasteiger partial charge is 0.237 e. The molecule has 0 rings (SSSR count). The molecule has 0 radical (unpaired) electrons. The zero-order valence-electron chi connectivity index (χ0n) is 11.2. The van der Waals surface area contributed by atoms with Gasteiger partial charge in [-0.3, -0.25) is 4.79 Å². The summed E-state index contributed by atoms with van der Waals surface area (Å²) in [7, 11) is 1.70. The van der Waals surface area contributed by atoms with Crippen molar-refractivity contribution in [3.05, 3.63) is 0 Å². The lowest BCUT2D eigenvalue weighted by atomic mass is 10.1. The van der Waals surface area contributed by atoms with Crippen LogP contribution in [0.2, 0.25) is 0 Å². The molecule has 0 aliphatic rings. The number of amides is 1. The van der Waals surface area contributed by atoms with E-state index in [0.717, 1.165) is 26.0 Å². The topological polar surface area (TPSA) is 50.4 Å². The van der Waals surface area contributed by atoms with Crippen LogP contribution in [0.5, 0.6) is 0 Å². The Hall–Kier alpha value is -0.610. The number of hydrogen-bond donors (Lipinski definition) is 2. The van der Waals surface area contributed by atoms with Crippen molar-refractivity contribution in [1.29, 1.82) is 0 Å². The summed E-state index contributed by atoms with van der Waals surface area (Å²) in [6.07, 6.45) is 2.05. The van der Waals surface area contributed by atoms with Crippen LogP contribution in [0, 0.1) is 0 Å². The predicted octanol–water partition coefficient (Wildman–Crippen LogP) is 1.31. The van der Waals surface area contributed by atoms with E-state index in [2.05, 4.69) is 10.6 Å². The molecule has 0 aromatic heterocycles. The summed E-state index contributed by atoms with van der Waals surface area (Å²) < 4.78 is 4.96. The van der Waals surface area contributed by atoms with Crippen LogP contribution in [0.4, 0.5) is 0 Å². The molecule has 4 nitrogen and oxygen atoms in total. The second kappa shape index (κ2) is 7.63.